The summed E-state index contributed by atoms with van der Waals surface area (Å²) < 4.78 is 19.9. The van der Waals surface area contributed by atoms with E-state index in [4.69, 9.17) is 9.40 Å². The highest BCUT2D eigenvalue weighted by Crippen LogP contribution is 2.29. The summed E-state index contributed by atoms with van der Waals surface area (Å²) >= 11 is 0. The smallest absolute Gasteiger partial charge is 0.222 e. The van der Waals surface area contributed by atoms with E-state index in [-0.39, 0.29) is 5.82 Å². The van der Waals surface area contributed by atoms with Gasteiger partial charge in [0.25, 0.3) is 0 Å². The van der Waals surface area contributed by atoms with Gasteiger partial charge in [0.05, 0.1) is 0 Å². The molecule has 0 radical (unpaired) electrons. The van der Waals surface area contributed by atoms with Gasteiger partial charge in [0.2, 0.25) is 5.89 Å². The van der Waals surface area contributed by atoms with E-state index in [0.717, 1.165) is 47.3 Å². The number of oxazole rings is 1. The SMILES string of the molecule is Fc1ccccc1CN1CC=C(c2nc3cc(-c4ccccc4)ccc3o2)CC1. The lowest BCUT2D eigenvalue weighted by Crippen LogP contribution is -2.28. The lowest BCUT2D eigenvalue weighted by Gasteiger charge is -2.25. The third-order valence-electron chi connectivity index (χ3n) is 5.41. The molecule has 0 atom stereocenters. The molecule has 1 aliphatic heterocycles. The van der Waals surface area contributed by atoms with Crippen LogP contribution >= 0.6 is 0 Å². The van der Waals surface area contributed by atoms with E-state index in [9.17, 15) is 4.39 Å². The van der Waals surface area contributed by atoms with Crippen molar-refractivity contribution in [1.29, 1.82) is 0 Å². The van der Waals surface area contributed by atoms with Crippen molar-refractivity contribution in [1.82, 2.24) is 9.88 Å². The molecular formula is C25H21FN2O. The van der Waals surface area contributed by atoms with Gasteiger partial charge >= 0.3 is 0 Å². The number of halogens is 1. The predicted octanol–water partition coefficient (Wildman–Crippen LogP) is 5.92. The summed E-state index contributed by atoms with van der Waals surface area (Å²) in [6.45, 7) is 2.23. The summed E-state index contributed by atoms with van der Waals surface area (Å²) in [7, 11) is 0. The fraction of sp³-hybridized carbons (Fsp3) is 0.160. The predicted molar refractivity (Wildman–Crippen MR) is 114 cm³/mol. The first-order chi connectivity index (χ1) is 14.3. The van der Waals surface area contributed by atoms with Gasteiger partial charge in [0.1, 0.15) is 11.3 Å². The summed E-state index contributed by atoms with van der Waals surface area (Å²) in [5, 5.41) is 0. The molecule has 3 aromatic carbocycles. The molecule has 0 N–H and O–H groups in total. The summed E-state index contributed by atoms with van der Waals surface area (Å²) in [6, 6.07) is 23.4. The molecule has 0 fully saturated rings. The molecule has 0 unspecified atom stereocenters. The van der Waals surface area contributed by atoms with Crippen LogP contribution in [0.2, 0.25) is 0 Å². The average molecular weight is 384 g/mol. The van der Waals surface area contributed by atoms with Gasteiger partial charge in [-0.1, -0.05) is 60.7 Å². The Balaban J connectivity index is 1.35. The van der Waals surface area contributed by atoms with Gasteiger partial charge in [0, 0.05) is 30.8 Å². The van der Waals surface area contributed by atoms with E-state index in [2.05, 4.69) is 35.2 Å². The maximum atomic E-state index is 13.9. The highest BCUT2D eigenvalue weighted by Gasteiger charge is 2.18. The van der Waals surface area contributed by atoms with Crippen molar-refractivity contribution in [3.05, 3.63) is 96.1 Å². The Bertz CT molecular complexity index is 1180. The molecule has 0 aliphatic carbocycles. The highest BCUT2D eigenvalue weighted by atomic mass is 19.1. The molecule has 29 heavy (non-hydrogen) atoms. The molecule has 0 saturated heterocycles. The summed E-state index contributed by atoms with van der Waals surface area (Å²) in [5.41, 5.74) is 5.82. The highest BCUT2D eigenvalue weighted by molar-refractivity contribution is 5.82. The lowest BCUT2D eigenvalue weighted by atomic mass is 10.1. The van der Waals surface area contributed by atoms with Crippen LogP contribution in [0.3, 0.4) is 0 Å². The van der Waals surface area contributed by atoms with Crippen LogP contribution in [-0.2, 0) is 6.54 Å². The van der Waals surface area contributed by atoms with Crippen LogP contribution in [0.15, 0.2) is 83.3 Å². The van der Waals surface area contributed by atoms with Gasteiger partial charge < -0.3 is 4.42 Å². The van der Waals surface area contributed by atoms with Crippen molar-refractivity contribution < 1.29 is 8.81 Å². The first-order valence-corrected chi connectivity index (χ1v) is 9.87. The molecule has 0 amide bonds. The van der Waals surface area contributed by atoms with Crippen molar-refractivity contribution in [2.24, 2.45) is 0 Å². The third kappa shape index (κ3) is 3.71. The van der Waals surface area contributed by atoms with E-state index >= 15 is 0 Å². The van der Waals surface area contributed by atoms with Crippen LogP contribution in [0.1, 0.15) is 17.9 Å². The quantitative estimate of drug-likeness (QED) is 0.437. The number of hydrogen-bond acceptors (Lipinski definition) is 3. The van der Waals surface area contributed by atoms with E-state index in [1.54, 1.807) is 6.07 Å². The van der Waals surface area contributed by atoms with Crippen molar-refractivity contribution in [3.63, 3.8) is 0 Å². The monoisotopic (exact) mass is 384 g/mol. The molecule has 4 aromatic rings. The Hall–Kier alpha value is -3.24. The molecule has 144 valence electrons. The molecule has 0 bridgehead atoms. The Kier molecular flexibility index (Phi) is 4.70. The van der Waals surface area contributed by atoms with Crippen LogP contribution in [0.5, 0.6) is 0 Å². The van der Waals surface area contributed by atoms with Gasteiger partial charge in [-0.2, -0.15) is 0 Å². The van der Waals surface area contributed by atoms with Crippen LogP contribution in [0.4, 0.5) is 4.39 Å². The number of nitrogens with zero attached hydrogens (tertiary/aromatic N) is 2. The van der Waals surface area contributed by atoms with Crippen LogP contribution < -0.4 is 0 Å². The second-order valence-electron chi connectivity index (χ2n) is 7.37. The minimum atomic E-state index is -0.143. The van der Waals surface area contributed by atoms with Crippen molar-refractivity contribution in [3.8, 4) is 11.1 Å². The van der Waals surface area contributed by atoms with Gasteiger partial charge in [0.15, 0.2) is 5.58 Å². The summed E-state index contributed by atoms with van der Waals surface area (Å²) in [6.07, 6.45) is 2.99. The number of aromatic nitrogens is 1. The largest absolute Gasteiger partial charge is 0.436 e. The number of fused-ring (bicyclic) bond motifs is 1. The second-order valence-corrected chi connectivity index (χ2v) is 7.37. The standard InChI is InChI=1S/C25H21FN2O/c26-22-9-5-4-8-21(22)17-28-14-12-19(13-15-28)25-27-23-16-20(10-11-24(23)29-25)18-6-2-1-3-7-18/h1-12,16H,13-15,17H2. The number of benzene rings is 3. The zero-order chi connectivity index (χ0) is 19.6. The molecule has 1 aliphatic rings. The minimum Gasteiger partial charge on any atom is -0.436 e. The molecule has 1 aromatic heterocycles. The van der Waals surface area contributed by atoms with E-state index in [1.807, 2.05) is 36.4 Å². The average Bonchev–Trinajstić information content (AvgIpc) is 3.20. The van der Waals surface area contributed by atoms with E-state index in [0.29, 0.717) is 12.4 Å². The van der Waals surface area contributed by atoms with Crippen LogP contribution in [0, 0.1) is 5.82 Å². The molecule has 3 nitrogen and oxygen atoms in total. The van der Waals surface area contributed by atoms with Crippen molar-refractivity contribution in [2.75, 3.05) is 13.1 Å². The number of rotatable bonds is 4. The van der Waals surface area contributed by atoms with Gasteiger partial charge in [-0.15, -0.1) is 0 Å². The maximum Gasteiger partial charge on any atom is 0.222 e. The zero-order valence-corrected chi connectivity index (χ0v) is 16.0. The summed E-state index contributed by atoms with van der Waals surface area (Å²) in [4.78, 5) is 6.97. The normalized spacial score (nSPS) is 14.9. The Morgan fingerprint density at radius 3 is 2.55 bits per heavy atom. The topological polar surface area (TPSA) is 29.3 Å². The van der Waals surface area contributed by atoms with E-state index in [1.165, 1.54) is 11.6 Å². The number of hydrogen-bond donors (Lipinski definition) is 0. The Morgan fingerprint density at radius 2 is 1.76 bits per heavy atom. The molecular weight excluding hydrogens is 363 g/mol. The lowest BCUT2D eigenvalue weighted by molar-refractivity contribution is 0.288. The van der Waals surface area contributed by atoms with E-state index < -0.39 is 0 Å². The molecule has 0 spiro atoms. The Morgan fingerprint density at radius 1 is 0.931 bits per heavy atom. The second kappa shape index (κ2) is 7.64. The molecule has 5 rings (SSSR count). The molecule has 0 saturated carbocycles. The minimum absolute atomic E-state index is 0.143. The molecule has 4 heteroatoms. The van der Waals surface area contributed by atoms with Gasteiger partial charge in [-0.25, -0.2) is 9.37 Å². The van der Waals surface area contributed by atoms with Gasteiger partial charge in [-0.3, -0.25) is 4.90 Å². The van der Waals surface area contributed by atoms with Crippen molar-refractivity contribution >= 4 is 16.7 Å². The van der Waals surface area contributed by atoms with Crippen LogP contribution in [0.25, 0.3) is 27.8 Å². The maximum absolute atomic E-state index is 13.9. The Labute approximate surface area is 169 Å². The fourth-order valence-electron chi connectivity index (χ4n) is 3.79. The fourth-order valence-corrected chi connectivity index (χ4v) is 3.79. The third-order valence-corrected chi connectivity index (χ3v) is 5.41. The first kappa shape index (κ1) is 17.8. The molecule has 2 heterocycles. The van der Waals surface area contributed by atoms with Crippen molar-refractivity contribution in [2.45, 2.75) is 13.0 Å². The first-order valence-electron chi connectivity index (χ1n) is 9.87. The van der Waals surface area contributed by atoms with Gasteiger partial charge in [-0.05, 0) is 35.7 Å². The zero-order valence-electron chi connectivity index (χ0n) is 16.0. The summed E-state index contributed by atoms with van der Waals surface area (Å²) in [5.74, 6) is 0.547. The van der Waals surface area contributed by atoms with Crippen LogP contribution in [-0.4, -0.2) is 23.0 Å².